The van der Waals surface area contributed by atoms with Crippen molar-refractivity contribution in [3.8, 4) is 10.6 Å². The fourth-order valence-electron chi connectivity index (χ4n) is 3.16. The molecule has 2 aromatic carbocycles. The van der Waals surface area contributed by atoms with Gasteiger partial charge in [0.15, 0.2) is 0 Å². The predicted octanol–water partition coefficient (Wildman–Crippen LogP) is 5.69. The van der Waals surface area contributed by atoms with Crippen LogP contribution in [0.3, 0.4) is 0 Å². The van der Waals surface area contributed by atoms with E-state index in [2.05, 4.69) is 23.6 Å². The Balaban J connectivity index is 1.45. The van der Waals surface area contributed by atoms with Crippen molar-refractivity contribution in [3.05, 3.63) is 99.7 Å². The summed E-state index contributed by atoms with van der Waals surface area (Å²) in [5.74, 6) is 0.124. The van der Waals surface area contributed by atoms with Gasteiger partial charge >= 0.3 is 0 Å². The SMILES string of the molecule is O=C(Cc1csc(-c2ccccc2)n1)N(CCc1ccccc1)Cc1cccs1. The van der Waals surface area contributed by atoms with Crippen molar-refractivity contribution >= 4 is 28.6 Å². The molecule has 29 heavy (non-hydrogen) atoms. The Morgan fingerprint density at radius 2 is 1.66 bits per heavy atom. The fraction of sp³-hybridized carbons (Fsp3) is 0.167. The fourth-order valence-corrected chi connectivity index (χ4v) is 4.70. The molecule has 0 unspecified atom stereocenters. The zero-order valence-corrected chi connectivity index (χ0v) is 17.7. The molecule has 0 fully saturated rings. The van der Waals surface area contributed by atoms with Crippen LogP contribution in [0.1, 0.15) is 16.1 Å². The van der Waals surface area contributed by atoms with E-state index < -0.39 is 0 Å². The Hall–Kier alpha value is -2.76. The lowest BCUT2D eigenvalue weighted by molar-refractivity contribution is -0.131. The second-order valence-electron chi connectivity index (χ2n) is 6.82. The third kappa shape index (κ3) is 5.40. The second kappa shape index (κ2) is 9.63. The molecular weight excluding hydrogens is 396 g/mol. The normalized spacial score (nSPS) is 10.8. The molecule has 0 bridgehead atoms. The molecule has 4 rings (SSSR count). The summed E-state index contributed by atoms with van der Waals surface area (Å²) in [6, 6.07) is 24.6. The predicted molar refractivity (Wildman–Crippen MR) is 121 cm³/mol. The average Bonchev–Trinajstić information content (AvgIpc) is 3.44. The first-order valence-electron chi connectivity index (χ1n) is 9.62. The van der Waals surface area contributed by atoms with Gasteiger partial charge < -0.3 is 4.90 Å². The largest absolute Gasteiger partial charge is 0.337 e. The van der Waals surface area contributed by atoms with Gasteiger partial charge in [0.25, 0.3) is 0 Å². The van der Waals surface area contributed by atoms with Crippen LogP contribution in [0.2, 0.25) is 0 Å². The third-order valence-corrected chi connectivity index (χ3v) is 6.50. The number of amides is 1. The number of nitrogens with zero attached hydrogens (tertiary/aromatic N) is 2. The maximum atomic E-state index is 13.1. The van der Waals surface area contributed by atoms with Crippen molar-refractivity contribution in [1.82, 2.24) is 9.88 Å². The van der Waals surface area contributed by atoms with Crippen LogP contribution >= 0.6 is 22.7 Å². The summed E-state index contributed by atoms with van der Waals surface area (Å²) in [7, 11) is 0. The number of rotatable bonds is 8. The van der Waals surface area contributed by atoms with E-state index in [1.807, 2.05) is 64.9 Å². The van der Waals surface area contributed by atoms with E-state index >= 15 is 0 Å². The quantitative estimate of drug-likeness (QED) is 0.368. The van der Waals surface area contributed by atoms with Crippen LogP contribution in [0.25, 0.3) is 10.6 Å². The van der Waals surface area contributed by atoms with E-state index in [1.165, 1.54) is 10.4 Å². The molecule has 146 valence electrons. The van der Waals surface area contributed by atoms with Crippen LogP contribution in [-0.2, 0) is 24.2 Å². The Labute approximate surface area is 179 Å². The van der Waals surface area contributed by atoms with Crippen molar-refractivity contribution in [2.24, 2.45) is 0 Å². The number of carbonyl (C=O) groups excluding carboxylic acids is 1. The van der Waals surface area contributed by atoms with E-state index in [0.29, 0.717) is 19.5 Å². The maximum Gasteiger partial charge on any atom is 0.228 e. The van der Waals surface area contributed by atoms with E-state index in [9.17, 15) is 4.79 Å². The van der Waals surface area contributed by atoms with E-state index in [1.54, 1.807) is 22.7 Å². The lowest BCUT2D eigenvalue weighted by Crippen LogP contribution is -2.33. The highest BCUT2D eigenvalue weighted by atomic mass is 32.1. The Kier molecular flexibility index (Phi) is 6.49. The number of aromatic nitrogens is 1. The van der Waals surface area contributed by atoms with Crippen LogP contribution in [-0.4, -0.2) is 22.3 Å². The van der Waals surface area contributed by atoms with Crippen molar-refractivity contribution in [1.29, 1.82) is 0 Å². The van der Waals surface area contributed by atoms with Gasteiger partial charge in [0.05, 0.1) is 18.7 Å². The zero-order valence-electron chi connectivity index (χ0n) is 16.0. The first kappa shape index (κ1) is 19.6. The van der Waals surface area contributed by atoms with E-state index in [-0.39, 0.29) is 5.91 Å². The molecule has 4 aromatic rings. The molecule has 0 saturated heterocycles. The summed E-state index contributed by atoms with van der Waals surface area (Å²) >= 11 is 3.28. The minimum atomic E-state index is 0.124. The molecule has 1 amide bonds. The van der Waals surface area contributed by atoms with E-state index in [4.69, 9.17) is 4.98 Å². The molecule has 2 heterocycles. The number of thiazole rings is 1. The molecule has 0 aliphatic heterocycles. The Morgan fingerprint density at radius 3 is 2.38 bits per heavy atom. The van der Waals surface area contributed by atoms with Crippen LogP contribution in [0.4, 0.5) is 0 Å². The van der Waals surface area contributed by atoms with E-state index in [0.717, 1.165) is 22.7 Å². The molecule has 0 spiro atoms. The third-order valence-electron chi connectivity index (χ3n) is 4.70. The van der Waals surface area contributed by atoms with Gasteiger partial charge in [-0.05, 0) is 23.4 Å². The average molecular weight is 419 g/mol. The van der Waals surface area contributed by atoms with Crippen LogP contribution in [0.5, 0.6) is 0 Å². The summed E-state index contributed by atoms with van der Waals surface area (Å²) in [5, 5.41) is 5.02. The minimum absolute atomic E-state index is 0.124. The highest BCUT2D eigenvalue weighted by molar-refractivity contribution is 7.13. The van der Waals surface area contributed by atoms with Crippen LogP contribution in [0.15, 0.2) is 83.6 Å². The van der Waals surface area contributed by atoms with Crippen molar-refractivity contribution in [3.63, 3.8) is 0 Å². The molecule has 5 heteroatoms. The van der Waals surface area contributed by atoms with Crippen LogP contribution in [0, 0.1) is 0 Å². The van der Waals surface area contributed by atoms with Gasteiger partial charge in [0.1, 0.15) is 5.01 Å². The summed E-state index contributed by atoms with van der Waals surface area (Å²) in [5.41, 5.74) is 3.18. The summed E-state index contributed by atoms with van der Waals surface area (Å²) in [4.78, 5) is 21.0. The molecular formula is C24H22N2OS2. The topological polar surface area (TPSA) is 33.2 Å². The lowest BCUT2D eigenvalue weighted by atomic mass is 10.1. The van der Waals surface area contributed by atoms with Gasteiger partial charge in [0.2, 0.25) is 5.91 Å². The maximum absolute atomic E-state index is 13.1. The van der Waals surface area contributed by atoms with Gasteiger partial charge in [-0.15, -0.1) is 22.7 Å². The highest BCUT2D eigenvalue weighted by Crippen LogP contribution is 2.24. The first-order valence-corrected chi connectivity index (χ1v) is 11.4. The Morgan fingerprint density at radius 1 is 0.897 bits per heavy atom. The monoisotopic (exact) mass is 418 g/mol. The van der Waals surface area contributed by atoms with Crippen molar-refractivity contribution in [2.45, 2.75) is 19.4 Å². The minimum Gasteiger partial charge on any atom is -0.337 e. The summed E-state index contributed by atoms with van der Waals surface area (Å²) in [6.45, 7) is 1.36. The molecule has 0 radical (unpaired) electrons. The smallest absolute Gasteiger partial charge is 0.228 e. The van der Waals surface area contributed by atoms with Gasteiger partial charge in [0, 0.05) is 22.4 Å². The lowest BCUT2D eigenvalue weighted by Gasteiger charge is -2.22. The molecule has 0 N–H and O–H groups in total. The van der Waals surface area contributed by atoms with Crippen molar-refractivity contribution < 1.29 is 4.79 Å². The highest BCUT2D eigenvalue weighted by Gasteiger charge is 2.17. The van der Waals surface area contributed by atoms with Crippen molar-refractivity contribution in [2.75, 3.05) is 6.54 Å². The second-order valence-corrected chi connectivity index (χ2v) is 8.71. The number of hydrogen-bond acceptors (Lipinski definition) is 4. The first-order chi connectivity index (χ1) is 14.3. The van der Waals surface area contributed by atoms with Gasteiger partial charge in [-0.2, -0.15) is 0 Å². The Bertz CT molecular complexity index is 1030. The number of benzene rings is 2. The molecule has 3 nitrogen and oxygen atoms in total. The molecule has 0 aliphatic carbocycles. The number of hydrogen-bond donors (Lipinski definition) is 0. The zero-order chi connectivity index (χ0) is 19.9. The molecule has 0 saturated carbocycles. The molecule has 2 aromatic heterocycles. The van der Waals surface area contributed by atoms with Gasteiger partial charge in [-0.25, -0.2) is 4.98 Å². The van der Waals surface area contributed by atoms with Crippen LogP contribution < -0.4 is 0 Å². The van der Waals surface area contributed by atoms with Gasteiger partial charge in [-0.1, -0.05) is 66.7 Å². The summed E-state index contributed by atoms with van der Waals surface area (Å²) in [6.07, 6.45) is 1.19. The van der Waals surface area contributed by atoms with Gasteiger partial charge in [-0.3, -0.25) is 4.79 Å². The standard InChI is InChI=1S/C24H22N2OS2/c27-23(16-21-18-29-24(25-21)20-10-5-2-6-11-20)26(17-22-12-7-15-28-22)14-13-19-8-3-1-4-9-19/h1-12,15,18H,13-14,16-17H2. The molecule has 0 atom stereocenters. The number of thiophene rings is 1. The summed E-state index contributed by atoms with van der Waals surface area (Å²) < 4.78 is 0. The molecule has 0 aliphatic rings. The number of carbonyl (C=O) groups is 1.